The normalized spacial score (nSPS) is 14.9. The topological polar surface area (TPSA) is 64.9 Å². The lowest BCUT2D eigenvalue weighted by atomic mass is 10.2. The molecule has 3 rings (SSSR count). The van der Waals surface area contributed by atoms with Crippen molar-refractivity contribution in [1.82, 2.24) is 20.1 Å². The van der Waals surface area contributed by atoms with E-state index >= 15 is 0 Å². The molecule has 27 heavy (non-hydrogen) atoms. The average molecular weight is 368 g/mol. The number of rotatable bonds is 6. The van der Waals surface area contributed by atoms with E-state index in [4.69, 9.17) is 0 Å². The first-order valence-electron chi connectivity index (χ1n) is 9.39. The van der Waals surface area contributed by atoms with Gasteiger partial charge in [-0.15, -0.1) is 0 Å². The van der Waals surface area contributed by atoms with E-state index in [1.165, 1.54) is 5.69 Å². The van der Waals surface area contributed by atoms with Crippen LogP contribution in [0, 0.1) is 0 Å². The van der Waals surface area contributed by atoms with E-state index in [1.807, 2.05) is 47.6 Å². The van der Waals surface area contributed by atoms with Crippen molar-refractivity contribution in [2.24, 2.45) is 4.99 Å². The summed E-state index contributed by atoms with van der Waals surface area (Å²) >= 11 is 0. The van der Waals surface area contributed by atoms with Gasteiger partial charge in [0.15, 0.2) is 5.96 Å². The van der Waals surface area contributed by atoms with E-state index in [1.54, 1.807) is 7.05 Å². The molecular weight excluding hydrogens is 340 g/mol. The predicted molar refractivity (Wildman–Crippen MR) is 109 cm³/mol. The summed E-state index contributed by atoms with van der Waals surface area (Å²) in [5, 5.41) is 6.35. The highest BCUT2D eigenvalue weighted by molar-refractivity contribution is 5.86. The number of anilines is 1. The second-order valence-corrected chi connectivity index (χ2v) is 6.48. The molecule has 1 fully saturated rings. The van der Waals surface area contributed by atoms with Crippen molar-refractivity contribution >= 4 is 17.6 Å². The smallest absolute Gasteiger partial charge is 0.242 e. The number of aliphatic imine (C=N–C) groups is 1. The highest BCUT2D eigenvalue weighted by Gasteiger charge is 2.21. The molecule has 0 radical (unpaired) electrons. The minimum absolute atomic E-state index is 0.107. The Morgan fingerprint density at radius 1 is 1.00 bits per heavy atom. The molecule has 2 N–H and O–H groups in total. The summed E-state index contributed by atoms with van der Waals surface area (Å²) < 4.78 is 2.09. The summed E-state index contributed by atoms with van der Waals surface area (Å²) in [6.07, 6.45) is 4.05. The summed E-state index contributed by atoms with van der Waals surface area (Å²) in [5.41, 5.74) is 1.22. The molecule has 1 saturated heterocycles. The summed E-state index contributed by atoms with van der Waals surface area (Å²) in [7, 11) is 1.72. The van der Waals surface area contributed by atoms with Crippen LogP contribution < -0.4 is 15.5 Å². The monoisotopic (exact) mass is 368 g/mol. The first-order valence-corrected chi connectivity index (χ1v) is 9.39. The third-order valence-electron chi connectivity index (χ3n) is 4.71. The Morgan fingerprint density at radius 2 is 1.70 bits per heavy atom. The number of hydrogen-bond donors (Lipinski definition) is 2. The van der Waals surface area contributed by atoms with Crippen LogP contribution in [0.4, 0.5) is 5.69 Å². The molecule has 0 spiro atoms. The Bertz CT molecular complexity index is 720. The molecule has 1 aromatic carbocycles. The van der Waals surface area contributed by atoms with Crippen molar-refractivity contribution in [2.45, 2.75) is 6.54 Å². The zero-order valence-electron chi connectivity index (χ0n) is 15.8. The Balaban J connectivity index is 1.37. The van der Waals surface area contributed by atoms with E-state index in [9.17, 15) is 4.79 Å². The summed E-state index contributed by atoms with van der Waals surface area (Å²) in [5.74, 6) is 0.759. The lowest BCUT2D eigenvalue weighted by molar-refractivity contribution is -0.130. The van der Waals surface area contributed by atoms with Gasteiger partial charge in [-0.3, -0.25) is 9.79 Å². The fourth-order valence-electron chi connectivity index (χ4n) is 3.17. The maximum absolute atomic E-state index is 12.5. The van der Waals surface area contributed by atoms with Gasteiger partial charge in [0.25, 0.3) is 0 Å². The largest absolute Gasteiger partial charge is 0.368 e. The predicted octanol–water partition coefficient (Wildman–Crippen LogP) is 1.00. The maximum Gasteiger partial charge on any atom is 0.242 e. The number of guanidine groups is 1. The number of benzene rings is 1. The molecule has 0 aliphatic carbocycles. The number of nitrogens with zero attached hydrogens (tertiary/aromatic N) is 4. The van der Waals surface area contributed by atoms with Gasteiger partial charge in [0.1, 0.15) is 0 Å². The first-order chi connectivity index (χ1) is 13.3. The molecule has 0 unspecified atom stereocenters. The molecule has 0 saturated carbocycles. The SMILES string of the molecule is CN=C(NCCn1cccc1)NCC(=O)N1CCN(c2ccccc2)CC1. The second kappa shape index (κ2) is 9.66. The lowest BCUT2D eigenvalue weighted by Gasteiger charge is -2.36. The van der Waals surface area contributed by atoms with Crippen LogP contribution in [-0.4, -0.2) is 67.6 Å². The average Bonchev–Trinajstić information content (AvgIpc) is 3.24. The van der Waals surface area contributed by atoms with Gasteiger partial charge >= 0.3 is 0 Å². The van der Waals surface area contributed by atoms with E-state index in [0.717, 1.165) is 39.3 Å². The number of aromatic nitrogens is 1. The molecule has 1 aliphatic heterocycles. The number of nitrogens with one attached hydrogen (secondary N) is 2. The quantitative estimate of drug-likeness (QED) is 0.590. The van der Waals surface area contributed by atoms with Crippen molar-refractivity contribution in [2.75, 3.05) is 51.2 Å². The van der Waals surface area contributed by atoms with Crippen molar-refractivity contribution < 1.29 is 4.79 Å². The van der Waals surface area contributed by atoms with E-state index in [-0.39, 0.29) is 12.5 Å². The fourth-order valence-corrected chi connectivity index (χ4v) is 3.17. The van der Waals surface area contributed by atoms with E-state index < -0.39 is 0 Å². The third-order valence-corrected chi connectivity index (χ3v) is 4.71. The number of carbonyl (C=O) groups excluding carboxylic acids is 1. The van der Waals surface area contributed by atoms with Gasteiger partial charge in [-0.05, 0) is 24.3 Å². The van der Waals surface area contributed by atoms with Crippen molar-refractivity contribution in [3.63, 3.8) is 0 Å². The Kier molecular flexibility index (Phi) is 6.73. The minimum Gasteiger partial charge on any atom is -0.368 e. The van der Waals surface area contributed by atoms with Crippen molar-refractivity contribution in [3.8, 4) is 0 Å². The van der Waals surface area contributed by atoms with Crippen LogP contribution in [0.3, 0.4) is 0 Å². The molecule has 1 amide bonds. The Hall–Kier alpha value is -2.96. The van der Waals surface area contributed by atoms with Crippen LogP contribution >= 0.6 is 0 Å². The zero-order valence-corrected chi connectivity index (χ0v) is 15.8. The van der Waals surface area contributed by atoms with Gasteiger partial charge in [0.2, 0.25) is 5.91 Å². The van der Waals surface area contributed by atoms with Crippen LogP contribution in [0.5, 0.6) is 0 Å². The molecule has 7 heteroatoms. The molecule has 2 aromatic rings. The Morgan fingerprint density at radius 3 is 2.37 bits per heavy atom. The number of amides is 1. The first kappa shape index (κ1) is 18.8. The fraction of sp³-hybridized carbons (Fsp3) is 0.400. The molecule has 1 aromatic heterocycles. The van der Waals surface area contributed by atoms with Crippen LogP contribution in [0.25, 0.3) is 0 Å². The van der Waals surface area contributed by atoms with Crippen LogP contribution in [0.2, 0.25) is 0 Å². The minimum atomic E-state index is 0.107. The van der Waals surface area contributed by atoms with Crippen molar-refractivity contribution in [3.05, 3.63) is 54.9 Å². The molecule has 144 valence electrons. The second-order valence-electron chi connectivity index (χ2n) is 6.48. The highest BCUT2D eigenvalue weighted by Crippen LogP contribution is 2.15. The number of piperazine rings is 1. The van der Waals surface area contributed by atoms with Gasteiger partial charge in [-0.2, -0.15) is 0 Å². The molecule has 0 bridgehead atoms. The standard InChI is InChI=1S/C20H28N6O/c1-21-20(22-9-12-24-10-5-6-11-24)23-17-19(27)26-15-13-25(14-16-26)18-7-3-2-4-8-18/h2-8,10-11H,9,12-17H2,1H3,(H2,21,22,23). The Labute approximate surface area is 160 Å². The molecule has 2 heterocycles. The summed E-state index contributed by atoms with van der Waals surface area (Å²) in [6, 6.07) is 14.4. The van der Waals surface area contributed by atoms with Gasteiger partial charge in [0.05, 0.1) is 6.54 Å². The lowest BCUT2D eigenvalue weighted by Crippen LogP contribution is -2.52. The van der Waals surface area contributed by atoms with E-state index in [0.29, 0.717) is 5.96 Å². The maximum atomic E-state index is 12.5. The van der Waals surface area contributed by atoms with Crippen LogP contribution in [-0.2, 0) is 11.3 Å². The van der Waals surface area contributed by atoms with Gasteiger partial charge in [-0.25, -0.2) is 0 Å². The highest BCUT2D eigenvalue weighted by atomic mass is 16.2. The van der Waals surface area contributed by atoms with Crippen molar-refractivity contribution in [1.29, 1.82) is 0 Å². The van der Waals surface area contributed by atoms with E-state index in [2.05, 4.69) is 37.2 Å². The molecule has 7 nitrogen and oxygen atoms in total. The van der Waals surface area contributed by atoms with Crippen LogP contribution in [0.1, 0.15) is 0 Å². The third kappa shape index (κ3) is 5.51. The number of hydrogen-bond acceptors (Lipinski definition) is 3. The molecular formula is C20H28N6O. The number of para-hydroxylation sites is 1. The summed E-state index contributed by atoms with van der Waals surface area (Å²) in [4.78, 5) is 20.9. The molecule has 0 atom stereocenters. The summed E-state index contributed by atoms with van der Waals surface area (Å²) in [6.45, 7) is 5.07. The number of carbonyl (C=O) groups is 1. The van der Waals surface area contributed by atoms with Gasteiger partial charge in [0, 0.05) is 64.4 Å². The zero-order chi connectivity index (χ0) is 18.9. The molecule has 1 aliphatic rings. The van der Waals surface area contributed by atoms with Gasteiger partial charge in [-0.1, -0.05) is 18.2 Å². The van der Waals surface area contributed by atoms with Crippen LogP contribution in [0.15, 0.2) is 59.9 Å². The van der Waals surface area contributed by atoms with Gasteiger partial charge < -0.3 is 25.0 Å².